The van der Waals surface area contributed by atoms with Crippen LogP contribution in [-0.4, -0.2) is 55.4 Å². The molecule has 0 saturated carbocycles. The van der Waals surface area contributed by atoms with Crippen molar-refractivity contribution in [3.8, 4) is 0 Å². The summed E-state index contributed by atoms with van der Waals surface area (Å²) in [5, 5.41) is 35.3. The number of nitrogens with zero attached hydrogens (tertiary/aromatic N) is 4. The van der Waals surface area contributed by atoms with Gasteiger partial charge in [-0.3, -0.25) is 4.79 Å². The Labute approximate surface area is 123 Å². The molecule has 1 unspecified atom stereocenters. The lowest BCUT2D eigenvalue weighted by Crippen LogP contribution is -2.36. The van der Waals surface area contributed by atoms with Gasteiger partial charge in [0.2, 0.25) is 5.91 Å². The number of aromatic nitrogens is 4. The van der Waals surface area contributed by atoms with Crippen LogP contribution in [0, 0.1) is 0 Å². The first kappa shape index (κ1) is 17.3. The zero-order chi connectivity index (χ0) is 15.5. The lowest BCUT2D eigenvalue weighted by atomic mass is 10.1. The van der Waals surface area contributed by atoms with Crippen LogP contribution in [0.2, 0.25) is 0 Å². The number of nitrogens with one attached hydrogen (secondary N) is 1. The summed E-state index contributed by atoms with van der Waals surface area (Å²) in [7, 11) is 0. The van der Waals surface area contributed by atoms with Crippen LogP contribution in [0.1, 0.15) is 37.9 Å². The maximum Gasteiger partial charge on any atom is 0.220 e. The van der Waals surface area contributed by atoms with Crippen molar-refractivity contribution >= 4 is 5.91 Å². The third-order valence-electron chi connectivity index (χ3n) is 2.94. The van der Waals surface area contributed by atoms with Gasteiger partial charge in [-0.05, 0) is 19.3 Å². The second kappa shape index (κ2) is 10.1. The molecular formula is C12H22N6O3. The number of aliphatic hydroxyl groups is 2. The van der Waals surface area contributed by atoms with Crippen molar-refractivity contribution in [1.82, 2.24) is 25.7 Å². The number of aliphatic hydroxyl groups excluding tert-OH is 1. The van der Waals surface area contributed by atoms with Gasteiger partial charge in [0, 0.05) is 19.4 Å². The number of hydrogen-bond donors (Lipinski definition) is 4. The highest BCUT2D eigenvalue weighted by molar-refractivity contribution is 5.75. The van der Waals surface area contributed by atoms with Gasteiger partial charge in [-0.15, -0.1) is 20.4 Å². The second-order valence-electron chi connectivity index (χ2n) is 4.74. The minimum atomic E-state index is -1.58. The third kappa shape index (κ3) is 8.23. The largest absolute Gasteiger partial charge is 0.367 e. The second-order valence-corrected chi connectivity index (χ2v) is 4.74. The molecule has 21 heavy (non-hydrogen) atoms. The summed E-state index contributed by atoms with van der Waals surface area (Å²) in [6.07, 6.45) is 3.57. The molecule has 0 aliphatic carbocycles. The van der Waals surface area contributed by atoms with Gasteiger partial charge >= 0.3 is 0 Å². The quantitative estimate of drug-likeness (QED) is 0.302. The number of amides is 1. The van der Waals surface area contributed by atoms with Crippen LogP contribution in [0.25, 0.3) is 0 Å². The summed E-state index contributed by atoms with van der Waals surface area (Å²) in [6, 6.07) is -0.788. The Balaban J connectivity index is 1.97. The highest BCUT2D eigenvalue weighted by Crippen LogP contribution is 2.01. The molecule has 0 fully saturated rings. The van der Waals surface area contributed by atoms with Crippen molar-refractivity contribution in [3.05, 3.63) is 12.2 Å². The Kier molecular flexibility index (Phi) is 8.32. The Bertz CT molecular complexity index is 403. The van der Waals surface area contributed by atoms with Crippen LogP contribution in [0.4, 0.5) is 0 Å². The average Bonchev–Trinajstić information content (AvgIpc) is 2.49. The molecule has 1 aromatic rings. The van der Waals surface area contributed by atoms with E-state index in [1.165, 1.54) is 6.33 Å². The van der Waals surface area contributed by atoms with Crippen LogP contribution < -0.4 is 11.1 Å². The van der Waals surface area contributed by atoms with Crippen molar-refractivity contribution in [2.75, 3.05) is 6.54 Å². The minimum absolute atomic E-state index is 0.133. The number of hydrogen-bond acceptors (Lipinski definition) is 8. The van der Waals surface area contributed by atoms with Gasteiger partial charge in [-0.25, -0.2) is 0 Å². The molecule has 0 aliphatic heterocycles. The lowest BCUT2D eigenvalue weighted by Gasteiger charge is -2.12. The third-order valence-corrected chi connectivity index (χ3v) is 2.94. The van der Waals surface area contributed by atoms with Crippen molar-refractivity contribution in [2.45, 2.75) is 50.9 Å². The first-order valence-electron chi connectivity index (χ1n) is 6.97. The Morgan fingerprint density at radius 2 is 1.95 bits per heavy atom. The molecule has 0 aliphatic rings. The molecule has 0 aromatic carbocycles. The predicted octanol–water partition coefficient (Wildman–Crippen LogP) is -1.49. The highest BCUT2D eigenvalue weighted by atomic mass is 16.5. The van der Waals surface area contributed by atoms with Gasteiger partial charge in [-0.1, -0.05) is 6.42 Å². The maximum absolute atomic E-state index is 11.5. The number of nitrogens with two attached hydrogens (primary N) is 1. The van der Waals surface area contributed by atoms with Gasteiger partial charge in [-0.2, -0.15) is 0 Å². The van der Waals surface area contributed by atoms with E-state index in [-0.39, 0.29) is 18.7 Å². The van der Waals surface area contributed by atoms with E-state index in [0.29, 0.717) is 12.4 Å². The van der Waals surface area contributed by atoms with Crippen molar-refractivity contribution in [3.63, 3.8) is 0 Å². The van der Waals surface area contributed by atoms with Gasteiger partial charge in [0.25, 0.3) is 0 Å². The Morgan fingerprint density at radius 1 is 1.24 bits per heavy atom. The molecule has 0 saturated heterocycles. The van der Waals surface area contributed by atoms with Crippen molar-refractivity contribution in [1.29, 1.82) is 0 Å². The topological polar surface area (TPSA) is 147 Å². The molecular weight excluding hydrogens is 276 g/mol. The van der Waals surface area contributed by atoms with E-state index in [0.717, 1.165) is 25.7 Å². The molecule has 1 atom stereocenters. The lowest BCUT2D eigenvalue weighted by molar-refractivity contribution is -0.121. The number of carbonyl (C=O) groups excluding carboxylic acids is 1. The van der Waals surface area contributed by atoms with Crippen LogP contribution >= 0.6 is 0 Å². The molecule has 5 N–H and O–H groups in total. The van der Waals surface area contributed by atoms with Crippen LogP contribution in [-0.2, 0) is 11.2 Å². The molecule has 1 amide bonds. The fraction of sp³-hybridized carbons (Fsp3) is 0.750. The monoisotopic (exact) mass is 298 g/mol. The average molecular weight is 298 g/mol. The Morgan fingerprint density at radius 3 is 2.62 bits per heavy atom. The maximum atomic E-state index is 11.5. The number of unbranched alkanes of at least 4 members (excludes halogenated alkanes) is 2. The summed E-state index contributed by atoms with van der Waals surface area (Å²) in [5.74, 6) is 0.490. The molecule has 0 bridgehead atoms. The molecule has 1 heterocycles. The van der Waals surface area contributed by atoms with Crippen LogP contribution in [0.15, 0.2) is 6.33 Å². The van der Waals surface area contributed by atoms with E-state index in [1.807, 2.05) is 0 Å². The van der Waals surface area contributed by atoms with Crippen LogP contribution in [0.5, 0.6) is 0 Å². The minimum Gasteiger partial charge on any atom is -0.367 e. The summed E-state index contributed by atoms with van der Waals surface area (Å²) < 4.78 is 0. The molecule has 0 spiro atoms. The van der Waals surface area contributed by atoms with E-state index < -0.39 is 12.3 Å². The normalized spacial score (nSPS) is 12.4. The van der Waals surface area contributed by atoms with E-state index in [1.54, 1.807) is 0 Å². The molecule has 9 nitrogen and oxygen atoms in total. The summed E-state index contributed by atoms with van der Waals surface area (Å²) in [4.78, 5) is 11.5. The fourth-order valence-corrected chi connectivity index (χ4v) is 1.68. The van der Waals surface area contributed by atoms with Gasteiger partial charge in [0.15, 0.2) is 18.4 Å². The predicted molar refractivity (Wildman–Crippen MR) is 73.6 cm³/mol. The van der Waals surface area contributed by atoms with E-state index in [2.05, 4.69) is 25.7 Å². The van der Waals surface area contributed by atoms with Crippen molar-refractivity contribution in [2.24, 2.45) is 5.73 Å². The zero-order valence-electron chi connectivity index (χ0n) is 11.9. The SMILES string of the molecule is NC(CCC(=O)NCCCCCc1nncnn1)C(O)O. The summed E-state index contributed by atoms with van der Waals surface area (Å²) in [5.41, 5.74) is 5.41. The standard InChI is InChI=1S/C12H22N6O3/c13-9(12(20)21)5-6-11(19)14-7-3-1-2-4-10-17-15-8-16-18-10/h8-9,12,20-21H,1-7,13H2,(H,14,19). The van der Waals surface area contributed by atoms with Gasteiger partial charge in [0.05, 0.1) is 6.04 Å². The van der Waals surface area contributed by atoms with E-state index in [9.17, 15) is 4.79 Å². The van der Waals surface area contributed by atoms with E-state index >= 15 is 0 Å². The molecule has 0 radical (unpaired) electrons. The highest BCUT2D eigenvalue weighted by Gasteiger charge is 2.12. The van der Waals surface area contributed by atoms with Crippen LogP contribution in [0.3, 0.4) is 0 Å². The van der Waals surface area contributed by atoms with Gasteiger partial charge < -0.3 is 21.3 Å². The smallest absolute Gasteiger partial charge is 0.220 e. The summed E-state index contributed by atoms with van der Waals surface area (Å²) in [6.45, 7) is 0.585. The van der Waals surface area contributed by atoms with E-state index in [4.69, 9.17) is 15.9 Å². The van der Waals surface area contributed by atoms with Crippen molar-refractivity contribution < 1.29 is 15.0 Å². The number of carbonyl (C=O) groups is 1. The first-order valence-corrected chi connectivity index (χ1v) is 6.97. The zero-order valence-corrected chi connectivity index (χ0v) is 11.9. The molecule has 1 aromatic heterocycles. The Hall–Kier alpha value is -1.71. The molecule has 9 heteroatoms. The fourth-order valence-electron chi connectivity index (χ4n) is 1.68. The molecule has 118 valence electrons. The number of rotatable bonds is 10. The molecule has 1 rings (SSSR count). The number of aryl methyl sites for hydroxylation is 1. The first-order chi connectivity index (χ1) is 10.1. The van der Waals surface area contributed by atoms with Gasteiger partial charge in [0.1, 0.15) is 0 Å². The summed E-state index contributed by atoms with van der Waals surface area (Å²) >= 11 is 0.